The van der Waals surface area contributed by atoms with Crippen LogP contribution in [-0.2, 0) is 14.4 Å². The predicted octanol–water partition coefficient (Wildman–Crippen LogP) is 0.772. The first kappa shape index (κ1) is 14.2. The molecule has 1 unspecified atom stereocenters. The van der Waals surface area contributed by atoms with Gasteiger partial charge in [0.15, 0.2) is 0 Å². The monoisotopic (exact) mass is 250 g/mol. The summed E-state index contributed by atoms with van der Waals surface area (Å²) >= 11 is 0. The summed E-state index contributed by atoms with van der Waals surface area (Å²) in [5, 5.41) is 2.18. The van der Waals surface area contributed by atoms with Crippen LogP contribution in [0, 0.1) is 0 Å². The van der Waals surface area contributed by atoms with E-state index >= 15 is 0 Å². The van der Waals surface area contributed by atoms with Crippen molar-refractivity contribution in [2.45, 2.75) is 33.2 Å². The van der Waals surface area contributed by atoms with Crippen molar-refractivity contribution in [3.63, 3.8) is 0 Å². The summed E-state index contributed by atoms with van der Waals surface area (Å²) in [7, 11) is 0. The number of allylic oxidation sites excluding steroid dienone is 1. The van der Waals surface area contributed by atoms with Crippen LogP contribution in [0.5, 0.6) is 0 Å². The van der Waals surface area contributed by atoms with Crippen molar-refractivity contribution in [3.8, 4) is 0 Å². The standard InChI is InChI=1S/C13H18N2O3/c1-5-6-11-8(2)7-15(13(11)18)9(3)12(17)14-10(4)16/h6,9H,2,5,7H2,1,3-4H3,(H,14,16,17)/b11-6+. The van der Waals surface area contributed by atoms with Crippen molar-refractivity contribution < 1.29 is 14.4 Å². The van der Waals surface area contributed by atoms with Crippen molar-refractivity contribution in [3.05, 3.63) is 23.8 Å². The highest BCUT2D eigenvalue weighted by Crippen LogP contribution is 2.24. The largest absolute Gasteiger partial charge is 0.323 e. The fourth-order valence-electron chi connectivity index (χ4n) is 1.84. The highest BCUT2D eigenvalue weighted by atomic mass is 16.2. The Balaban J connectivity index is 2.83. The minimum absolute atomic E-state index is 0.201. The predicted molar refractivity (Wildman–Crippen MR) is 67.5 cm³/mol. The van der Waals surface area contributed by atoms with Gasteiger partial charge in [-0.05, 0) is 18.9 Å². The van der Waals surface area contributed by atoms with Crippen molar-refractivity contribution in [2.75, 3.05) is 6.54 Å². The molecular formula is C13H18N2O3. The summed E-state index contributed by atoms with van der Waals surface area (Å²) in [6.45, 7) is 8.95. The highest BCUT2D eigenvalue weighted by molar-refractivity contribution is 6.05. The van der Waals surface area contributed by atoms with Gasteiger partial charge < -0.3 is 4.90 Å². The van der Waals surface area contributed by atoms with Crippen LogP contribution in [0.3, 0.4) is 0 Å². The fourth-order valence-corrected chi connectivity index (χ4v) is 1.84. The number of hydrogen-bond acceptors (Lipinski definition) is 3. The van der Waals surface area contributed by atoms with Crippen LogP contribution in [0.15, 0.2) is 23.8 Å². The van der Waals surface area contributed by atoms with E-state index in [1.54, 1.807) is 13.0 Å². The van der Waals surface area contributed by atoms with E-state index in [1.807, 2.05) is 6.92 Å². The number of rotatable bonds is 3. The first-order valence-corrected chi connectivity index (χ1v) is 5.89. The van der Waals surface area contributed by atoms with E-state index in [4.69, 9.17) is 0 Å². The number of carbonyl (C=O) groups is 3. The van der Waals surface area contributed by atoms with Crippen molar-refractivity contribution in [1.29, 1.82) is 0 Å². The Hall–Kier alpha value is -1.91. The summed E-state index contributed by atoms with van der Waals surface area (Å²) in [5.41, 5.74) is 1.28. The maximum atomic E-state index is 12.1. The molecule has 5 heteroatoms. The summed E-state index contributed by atoms with van der Waals surface area (Å²) in [6.07, 6.45) is 2.54. The summed E-state index contributed by atoms with van der Waals surface area (Å²) in [4.78, 5) is 36.0. The second-order valence-electron chi connectivity index (χ2n) is 4.28. The Labute approximate surface area is 107 Å². The maximum Gasteiger partial charge on any atom is 0.254 e. The van der Waals surface area contributed by atoms with Gasteiger partial charge in [0.25, 0.3) is 5.91 Å². The molecule has 1 rings (SSSR count). The molecule has 5 nitrogen and oxygen atoms in total. The van der Waals surface area contributed by atoms with Gasteiger partial charge in [-0.3, -0.25) is 19.7 Å². The Morgan fingerprint density at radius 2 is 2.17 bits per heavy atom. The number of nitrogens with one attached hydrogen (secondary N) is 1. The summed E-state index contributed by atoms with van der Waals surface area (Å²) in [6, 6.07) is -0.680. The quantitative estimate of drug-likeness (QED) is 0.752. The average Bonchev–Trinajstić information content (AvgIpc) is 2.55. The number of hydrogen-bond donors (Lipinski definition) is 1. The van der Waals surface area contributed by atoms with E-state index in [9.17, 15) is 14.4 Å². The number of carbonyl (C=O) groups excluding carboxylic acids is 3. The molecular weight excluding hydrogens is 232 g/mol. The molecule has 1 saturated heterocycles. The summed E-state index contributed by atoms with van der Waals surface area (Å²) < 4.78 is 0. The first-order valence-electron chi connectivity index (χ1n) is 5.89. The van der Waals surface area contributed by atoms with Gasteiger partial charge in [-0.25, -0.2) is 0 Å². The third-order valence-electron chi connectivity index (χ3n) is 2.79. The highest BCUT2D eigenvalue weighted by Gasteiger charge is 2.35. The van der Waals surface area contributed by atoms with E-state index in [0.29, 0.717) is 17.7 Å². The van der Waals surface area contributed by atoms with Gasteiger partial charge in [0.2, 0.25) is 11.8 Å². The van der Waals surface area contributed by atoms with Crippen LogP contribution < -0.4 is 5.32 Å². The molecule has 1 fully saturated rings. The van der Waals surface area contributed by atoms with Gasteiger partial charge in [-0.1, -0.05) is 19.6 Å². The van der Waals surface area contributed by atoms with Crippen LogP contribution in [-0.4, -0.2) is 35.2 Å². The molecule has 0 saturated carbocycles. The van der Waals surface area contributed by atoms with Gasteiger partial charge >= 0.3 is 0 Å². The van der Waals surface area contributed by atoms with E-state index < -0.39 is 17.9 Å². The minimum Gasteiger partial charge on any atom is -0.323 e. The molecule has 1 N–H and O–H groups in total. The van der Waals surface area contributed by atoms with E-state index in [1.165, 1.54) is 11.8 Å². The Morgan fingerprint density at radius 1 is 1.56 bits per heavy atom. The number of nitrogens with zero attached hydrogens (tertiary/aromatic N) is 1. The number of amides is 3. The molecule has 98 valence electrons. The van der Waals surface area contributed by atoms with Crippen LogP contribution >= 0.6 is 0 Å². The zero-order chi connectivity index (χ0) is 13.9. The number of likely N-dealkylation sites (tertiary alicyclic amines) is 1. The molecule has 0 aliphatic carbocycles. The van der Waals surface area contributed by atoms with Gasteiger partial charge in [0, 0.05) is 19.0 Å². The van der Waals surface area contributed by atoms with Gasteiger partial charge in [0.05, 0.1) is 0 Å². The zero-order valence-electron chi connectivity index (χ0n) is 10.9. The van der Waals surface area contributed by atoms with Crippen LogP contribution in [0.2, 0.25) is 0 Å². The molecule has 0 aromatic heterocycles. The third-order valence-corrected chi connectivity index (χ3v) is 2.79. The first-order chi connectivity index (χ1) is 8.38. The van der Waals surface area contributed by atoms with Gasteiger partial charge in [-0.2, -0.15) is 0 Å². The van der Waals surface area contributed by atoms with E-state index in [0.717, 1.165) is 6.42 Å². The molecule has 1 heterocycles. The molecule has 18 heavy (non-hydrogen) atoms. The van der Waals surface area contributed by atoms with Crippen LogP contribution in [0.25, 0.3) is 0 Å². The molecule has 0 aromatic rings. The topological polar surface area (TPSA) is 66.5 Å². The van der Waals surface area contributed by atoms with Gasteiger partial charge in [0.1, 0.15) is 6.04 Å². The molecule has 1 atom stereocenters. The SMILES string of the molecule is C=C1CN(C(C)C(=O)NC(C)=O)C(=O)/C1=C/CC. The van der Waals surface area contributed by atoms with Crippen LogP contribution in [0.4, 0.5) is 0 Å². The molecule has 3 amide bonds. The summed E-state index contributed by atoms with van der Waals surface area (Å²) in [5.74, 6) is -1.10. The molecule has 0 aromatic carbocycles. The van der Waals surface area contributed by atoms with E-state index in [2.05, 4.69) is 11.9 Å². The lowest BCUT2D eigenvalue weighted by atomic mass is 10.1. The third kappa shape index (κ3) is 2.85. The Bertz CT molecular complexity index is 438. The second kappa shape index (κ2) is 5.62. The van der Waals surface area contributed by atoms with Gasteiger partial charge in [-0.15, -0.1) is 0 Å². The zero-order valence-corrected chi connectivity index (χ0v) is 10.9. The Morgan fingerprint density at radius 3 is 2.67 bits per heavy atom. The van der Waals surface area contributed by atoms with Crippen LogP contribution in [0.1, 0.15) is 27.2 Å². The Kier molecular flexibility index (Phi) is 4.42. The molecule has 0 spiro atoms. The molecule has 1 aliphatic heterocycles. The minimum atomic E-state index is -0.680. The van der Waals surface area contributed by atoms with Crippen molar-refractivity contribution >= 4 is 17.7 Å². The average molecular weight is 250 g/mol. The molecule has 0 bridgehead atoms. The second-order valence-corrected chi connectivity index (χ2v) is 4.28. The van der Waals surface area contributed by atoms with E-state index in [-0.39, 0.29) is 5.91 Å². The van der Waals surface area contributed by atoms with Crippen molar-refractivity contribution in [2.24, 2.45) is 0 Å². The normalized spacial score (nSPS) is 19.3. The lowest BCUT2D eigenvalue weighted by molar-refractivity contribution is -0.138. The lowest BCUT2D eigenvalue weighted by Gasteiger charge is -2.22. The lowest BCUT2D eigenvalue weighted by Crippen LogP contribution is -2.47. The maximum absolute atomic E-state index is 12.1. The van der Waals surface area contributed by atoms with Crippen molar-refractivity contribution in [1.82, 2.24) is 10.2 Å². The molecule has 0 radical (unpaired) electrons. The smallest absolute Gasteiger partial charge is 0.254 e. The fraction of sp³-hybridized carbons (Fsp3) is 0.462. The molecule has 1 aliphatic rings. The number of imide groups is 1.